The van der Waals surface area contributed by atoms with E-state index in [-0.39, 0.29) is 5.91 Å². The summed E-state index contributed by atoms with van der Waals surface area (Å²) in [6.07, 6.45) is 2.70. The molecule has 1 aliphatic carbocycles. The Morgan fingerprint density at radius 3 is 2.71 bits per heavy atom. The maximum Gasteiger partial charge on any atom is 0.224 e. The lowest BCUT2D eigenvalue weighted by Gasteiger charge is -2.23. The van der Waals surface area contributed by atoms with Gasteiger partial charge in [0.25, 0.3) is 0 Å². The fraction of sp³-hybridized carbons (Fsp3) is 0.462. The number of carbonyl (C=O) groups excluding carboxylic acids is 1. The van der Waals surface area contributed by atoms with Crippen molar-refractivity contribution in [2.45, 2.75) is 31.8 Å². The molecule has 1 fully saturated rings. The molecular weight excluding hydrogens is 280 g/mol. The number of rotatable bonds is 5. The molecule has 17 heavy (non-hydrogen) atoms. The monoisotopic (exact) mass is 296 g/mol. The van der Waals surface area contributed by atoms with Gasteiger partial charge in [-0.3, -0.25) is 4.79 Å². The highest BCUT2D eigenvalue weighted by atomic mass is 79.9. The molecule has 0 unspecified atom stereocenters. The Kier molecular flexibility index (Phi) is 4.18. The van der Waals surface area contributed by atoms with Crippen molar-refractivity contribution < 1.29 is 4.79 Å². The lowest BCUT2D eigenvalue weighted by molar-refractivity contribution is -0.132. The van der Waals surface area contributed by atoms with Gasteiger partial charge in [-0.05, 0) is 24.5 Å². The van der Waals surface area contributed by atoms with E-state index in [4.69, 9.17) is 5.73 Å². The Labute approximate surface area is 110 Å². The molecule has 0 radical (unpaired) electrons. The summed E-state index contributed by atoms with van der Waals surface area (Å²) in [4.78, 5) is 13.9. The summed E-state index contributed by atoms with van der Waals surface area (Å²) < 4.78 is 1.06. The average molecular weight is 297 g/mol. The van der Waals surface area contributed by atoms with Gasteiger partial charge in [-0.1, -0.05) is 34.1 Å². The van der Waals surface area contributed by atoms with Crippen LogP contribution in [0.2, 0.25) is 0 Å². The van der Waals surface area contributed by atoms with Crippen molar-refractivity contribution in [2.24, 2.45) is 5.73 Å². The summed E-state index contributed by atoms with van der Waals surface area (Å²) in [5.74, 6) is 0.172. The fourth-order valence-electron chi connectivity index (χ4n) is 1.88. The highest BCUT2D eigenvalue weighted by Crippen LogP contribution is 2.30. The average Bonchev–Trinajstić information content (AvgIpc) is 3.12. The van der Waals surface area contributed by atoms with E-state index in [0.29, 0.717) is 25.6 Å². The Balaban J connectivity index is 2.08. The first-order chi connectivity index (χ1) is 8.22. The zero-order valence-corrected chi connectivity index (χ0v) is 11.3. The molecule has 1 saturated carbocycles. The van der Waals surface area contributed by atoms with Crippen molar-refractivity contribution in [1.29, 1.82) is 0 Å². The minimum atomic E-state index is 0.172. The molecule has 2 rings (SSSR count). The van der Waals surface area contributed by atoms with Crippen LogP contribution in [0.15, 0.2) is 28.7 Å². The number of nitrogens with zero attached hydrogens (tertiary/aromatic N) is 1. The van der Waals surface area contributed by atoms with Crippen molar-refractivity contribution in [3.8, 4) is 0 Å². The third-order valence-electron chi connectivity index (χ3n) is 2.96. The molecule has 0 heterocycles. The molecule has 0 spiro atoms. The van der Waals surface area contributed by atoms with Crippen molar-refractivity contribution in [3.05, 3.63) is 34.3 Å². The summed E-state index contributed by atoms with van der Waals surface area (Å²) in [7, 11) is 0. The van der Waals surface area contributed by atoms with Crippen LogP contribution in [0.25, 0.3) is 0 Å². The van der Waals surface area contributed by atoms with Gasteiger partial charge in [0, 0.05) is 30.0 Å². The predicted molar refractivity (Wildman–Crippen MR) is 71.4 cm³/mol. The van der Waals surface area contributed by atoms with Gasteiger partial charge in [-0.15, -0.1) is 0 Å². The van der Waals surface area contributed by atoms with Crippen molar-refractivity contribution >= 4 is 21.8 Å². The minimum Gasteiger partial charge on any atom is -0.335 e. The second-order valence-electron chi connectivity index (χ2n) is 4.38. The number of nitrogens with two attached hydrogens (primary N) is 1. The van der Waals surface area contributed by atoms with E-state index in [9.17, 15) is 4.79 Å². The first-order valence-electron chi connectivity index (χ1n) is 5.95. The molecule has 0 aromatic heterocycles. The molecule has 0 bridgehead atoms. The second-order valence-corrected chi connectivity index (χ2v) is 5.24. The van der Waals surface area contributed by atoms with Crippen LogP contribution in [0, 0.1) is 0 Å². The normalized spacial score (nSPS) is 14.7. The van der Waals surface area contributed by atoms with E-state index >= 15 is 0 Å². The van der Waals surface area contributed by atoms with Crippen LogP contribution < -0.4 is 5.73 Å². The minimum absolute atomic E-state index is 0.172. The third-order valence-corrected chi connectivity index (χ3v) is 3.74. The highest BCUT2D eigenvalue weighted by Gasteiger charge is 2.32. The van der Waals surface area contributed by atoms with E-state index in [1.807, 2.05) is 23.1 Å². The number of benzene rings is 1. The first-order valence-corrected chi connectivity index (χ1v) is 6.74. The molecule has 3 nitrogen and oxygen atoms in total. The largest absolute Gasteiger partial charge is 0.335 e. The second kappa shape index (κ2) is 5.65. The van der Waals surface area contributed by atoms with Gasteiger partial charge in [-0.2, -0.15) is 0 Å². The van der Waals surface area contributed by atoms with Gasteiger partial charge in [-0.25, -0.2) is 0 Å². The number of hydrogen-bond acceptors (Lipinski definition) is 2. The molecule has 1 aromatic carbocycles. The molecule has 2 N–H and O–H groups in total. The van der Waals surface area contributed by atoms with Crippen molar-refractivity contribution in [3.63, 3.8) is 0 Å². The Morgan fingerprint density at radius 1 is 1.41 bits per heavy atom. The molecule has 1 aromatic rings. The molecule has 1 aliphatic rings. The van der Waals surface area contributed by atoms with Gasteiger partial charge in [0.15, 0.2) is 0 Å². The van der Waals surface area contributed by atoms with Crippen LogP contribution in [-0.4, -0.2) is 23.4 Å². The zero-order valence-electron chi connectivity index (χ0n) is 9.73. The predicted octanol–water partition coefficient (Wildman–Crippen LogP) is 2.29. The van der Waals surface area contributed by atoms with Crippen LogP contribution in [0.4, 0.5) is 0 Å². The lowest BCUT2D eigenvalue weighted by Crippen LogP contribution is -2.33. The van der Waals surface area contributed by atoms with E-state index < -0.39 is 0 Å². The Hall–Kier alpha value is -0.870. The van der Waals surface area contributed by atoms with Gasteiger partial charge in [0.2, 0.25) is 5.91 Å². The van der Waals surface area contributed by atoms with Crippen molar-refractivity contribution in [1.82, 2.24) is 4.90 Å². The molecule has 1 amide bonds. The van der Waals surface area contributed by atoms with Gasteiger partial charge in [0.1, 0.15) is 0 Å². The maximum atomic E-state index is 12.0. The molecule has 0 aliphatic heterocycles. The molecule has 0 atom stereocenters. The smallest absolute Gasteiger partial charge is 0.224 e. The molecule has 92 valence electrons. The Morgan fingerprint density at radius 2 is 2.12 bits per heavy atom. The van der Waals surface area contributed by atoms with Gasteiger partial charge < -0.3 is 10.6 Å². The highest BCUT2D eigenvalue weighted by molar-refractivity contribution is 9.10. The van der Waals surface area contributed by atoms with E-state index in [1.165, 1.54) is 0 Å². The lowest BCUT2D eigenvalue weighted by atomic mass is 10.2. The molecular formula is C13H17BrN2O. The van der Waals surface area contributed by atoms with Gasteiger partial charge in [0.05, 0.1) is 0 Å². The van der Waals surface area contributed by atoms with Crippen LogP contribution in [0.1, 0.15) is 24.8 Å². The van der Waals surface area contributed by atoms with Crippen LogP contribution >= 0.6 is 15.9 Å². The van der Waals surface area contributed by atoms with E-state index in [0.717, 1.165) is 22.9 Å². The topological polar surface area (TPSA) is 46.3 Å². The number of carbonyl (C=O) groups is 1. The number of amides is 1. The van der Waals surface area contributed by atoms with Crippen LogP contribution in [-0.2, 0) is 11.3 Å². The quantitative estimate of drug-likeness (QED) is 0.906. The number of halogens is 1. The SMILES string of the molecule is NCCC(=O)N(Cc1ccccc1Br)C1CC1. The van der Waals surface area contributed by atoms with E-state index in [2.05, 4.69) is 22.0 Å². The summed E-state index contributed by atoms with van der Waals surface area (Å²) in [5, 5.41) is 0. The fourth-order valence-corrected chi connectivity index (χ4v) is 2.29. The first kappa shape index (κ1) is 12.6. The maximum absolute atomic E-state index is 12.0. The molecule has 0 saturated heterocycles. The van der Waals surface area contributed by atoms with Crippen LogP contribution in [0.3, 0.4) is 0 Å². The number of hydrogen-bond donors (Lipinski definition) is 1. The van der Waals surface area contributed by atoms with E-state index in [1.54, 1.807) is 0 Å². The summed E-state index contributed by atoms with van der Waals surface area (Å²) in [6, 6.07) is 8.47. The summed E-state index contributed by atoms with van der Waals surface area (Å²) >= 11 is 3.52. The zero-order chi connectivity index (χ0) is 12.3. The summed E-state index contributed by atoms with van der Waals surface area (Å²) in [6.45, 7) is 1.11. The van der Waals surface area contributed by atoms with Gasteiger partial charge >= 0.3 is 0 Å². The standard InChI is InChI=1S/C13H17BrN2O/c14-12-4-2-1-3-10(12)9-16(11-5-6-11)13(17)7-8-15/h1-4,11H,5-9,15H2. The van der Waals surface area contributed by atoms with Crippen molar-refractivity contribution in [2.75, 3.05) is 6.54 Å². The van der Waals surface area contributed by atoms with Crippen LogP contribution in [0.5, 0.6) is 0 Å². The third kappa shape index (κ3) is 3.30. The molecule has 4 heteroatoms. The Bertz CT molecular complexity index is 404. The summed E-state index contributed by atoms with van der Waals surface area (Å²) in [5.41, 5.74) is 6.61.